The van der Waals surface area contributed by atoms with Crippen LogP contribution in [-0.2, 0) is 4.79 Å². The van der Waals surface area contributed by atoms with E-state index in [0.717, 1.165) is 39.0 Å². The van der Waals surface area contributed by atoms with Crippen molar-refractivity contribution in [2.75, 3.05) is 39.3 Å². The molecule has 132 valence electrons. The molecule has 2 atom stereocenters. The Morgan fingerprint density at radius 2 is 2.04 bits per heavy atom. The smallest absolute Gasteiger partial charge is 0.317 e. The van der Waals surface area contributed by atoms with Crippen LogP contribution in [0.4, 0.5) is 4.79 Å². The lowest BCUT2D eigenvalue weighted by Crippen LogP contribution is -2.50. The van der Waals surface area contributed by atoms with E-state index in [1.54, 1.807) is 4.90 Å². The second-order valence-electron chi connectivity index (χ2n) is 7.32. The molecule has 2 saturated heterocycles. The zero-order chi connectivity index (χ0) is 16.7. The van der Waals surface area contributed by atoms with Crippen molar-refractivity contribution in [2.45, 2.75) is 39.5 Å². The lowest BCUT2D eigenvalue weighted by molar-refractivity contribution is -0.126. The van der Waals surface area contributed by atoms with Gasteiger partial charge in [0.2, 0.25) is 5.91 Å². The average molecular weight is 324 g/mol. The van der Waals surface area contributed by atoms with E-state index in [-0.39, 0.29) is 17.9 Å². The van der Waals surface area contributed by atoms with Crippen molar-refractivity contribution in [1.29, 1.82) is 0 Å². The zero-order valence-electron chi connectivity index (χ0n) is 14.6. The maximum absolute atomic E-state index is 12.4. The first-order valence-corrected chi connectivity index (χ1v) is 9.07. The molecular weight excluding hydrogens is 292 g/mol. The number of likely N-dealkylation sites (tertiary alicyclic amines) is 1. The summed E-state index contributed by atoms with van der Waals surface area (Å²) in [5.41, 5.74) is 0. The third-order valence-corrected chi connectivity index (χ3v) is 4.70. The number of carbonyl (C=O) groups excluding carboxylic acids is 2. The van der Waals surface area contributed by atoms with Crippen molar-refractivity contribution in [1.82, 2.24) is 20.9 Å². The summed E-state index contributed by atoms with van der Waals surface area (Å²) >= 11 is 0. The summed E-state index contributed by atoms with van der Waals surface area (Å²) in [7, 11) is 0. The van der Waals surface area contributed by atoms with Gasteiger partial charge in [0, 0.05) is 26.2 Å². The van der Waals surface area contributed by atoms with E-state index in [4.69, 9.17) is 0 Å². The van der Waals surface area contributed by atoms with E-state index in [2.05, 4.69) is 29.8 Å². The molecule has 2 aliphatic rings. The van der Waals surface area contributed by atoms with Crippen LogP contribution in [-0.4, -0.2) is 56.1 Å². The van der Waals surface area contributed by atoms with Gasteiger partial charge in [-0.05, 0) is 50.6 Å². The fourth-order valence-corrected chi connectivity index (χ4v) is 3.27. The minimum Gasteiger partial charge on any atom is -0.355 e. The Labute approximate surface area is 139 Å². The van der Waals surface area contributed by atoms with Gasteiger partial charge in [-0.25, -0.2) is 4.79 Å². The highest BCUT2D eigenvalue weighted by molar-refractivity contribution is 5.80. The van der Waals surface area contributed by atoms with Crippen molar-refractivity contribution in [3.63, 3.8) is 0 Å². The van der Waals surface area contributed by atoms with Crippen LogP contribution in [0.3, 0.4) is 0 Å². The van der Waals surface area contributed by atoms with Gasteiger partial charge in [-0.15, -0.1) is 0 Å². The Hall–Kier alpha value is -1.30. The van der Waals surface area contributed by atoms with Crippen molar-refractivity contribution in [3.8, 4) is 0 Å². The summed E-state index contributed by atoms with van der Waals surface area (Å²) in [6, 6.07) is -0.0346. The Kier molecular flexibility index (Phi) is 7.15. The lowest BCUT2D eigenvalue weighted by Gasteiger charge is -2.32. The van der Waals surface area contributed by atoms with E-state index < -0.39 is 0 Å². The monoisotopic (exact) mass is 324 g/mol. The lowest BCUT2D eigenvalue weighted by atomic mass is 9.96. The molecule has 6 nitrogen and oxygen atoms in total. The third kappa shape index (κ3) is 6.01. The van der Waals surface area contributed by atoms with Crippen LogP contribution in [0, 0.1) is 17.8 Å². The summed E-state index contributed by atoms with van der Waals surface area (Å²) < 4.78 is 0. The molecule has 0 bridgehead atoms. The topological polar surface area (TPSA) is 73.5 Å². The molecule has 3 amide bonds. The normalized spacial score (nSPS) is 25.3. The van der Waals surface area contributed by atoms with E-state index >= 15 is 0 Å². The van der Waals surface area contributed by atoms with E-state index in [9.17, 15) is 9.59 Å². The molecule has 0 spiro atoms. The molecule has 23 heavy (non-hydrogen) atoms. The molecule has 6 heteroatoms. The quantitative estimate of drug-likeness (QED) is 0.711. The van der Waals surface area contributed by atoms with Crippen LogP contribution in [0.25, 0.3) is 0 Å². The molecule has 0 aromatic carbocycles. The molecule has 2 aliphatic heterocycles. The number of piperidine rings is 2. The molecule has 3 N–H and O–H groups in total. The fraction of sp³-hybridized carbons (Fsp3) is 0.882. The van der Waals surface area contributed by atoms with Gasteiger partial charge >= 0.3 is 6.03 Å². The van der Waals surface area contributed by atoms with Gasteiger partial charge in [0.25, 0.3) is 0 Å². The molecule has 0 aliphatic carbocycles. The van der Waals surface area contributed by atoms with E-state index in [1.165, 1.54) is 12.8 Å². The van der Waals surface area contributed by atoms with E-state index in [1.807, 2.05) is 0 Å². The number of hydrogen-bond donors (Lipinski definition) is 3. The maximum Gasteiger partial charge on any atom is 0.317 e. The van der Waals surface area contributed by atoms with Crippen LogP contribution in [0.5, 0.6) is 0 Å². The molecular formula is C17H32N4O2. The predicted octanol–water partition coefficient (Wildman–Crippen LogP) is 1.18. The van der Waals surface area contributed by atoms with Crippen molar-refractivity contribution in [3.05, 3.63) is 0 Å². The highest BCUT2D eigenvalue weighted by Gasteiger charge is 2.28. The van der Waals surface area contributed by atoms with Crippen LogP contribution in [0.15, 0.2) is 0 Å². The highest BCUT2D eigenvalue weighted by Crippen LogP contribution is 2.17. The number of nitrogens with one attached hydrogen (secondary N) is 3. The number of rotatable bonds is 5. The molecule has 2 unspecified atom stereocenters. The molecule has 2 heterocycles. The van der Waals surface area contributed by atoms with Gasteiger partial charge in [0.05, 0.1) is 5.92 Å². The number of carbonyl (C=O) groups is 2. The standard InChI is InChI=1S/C17H32N4O2/c1-13(2)9-20-17(23)21-8-4-6-15(12-21)16(22)19-11-14-5-3-7-18-10-14/h13-15,18H,3-12H2,1-2H3,(H,19,22)(H,20,23). The molecule has 0 aromatic heterocycles. The number of hydrogen-bond acceptors (Lipinski definition) is 3. The number of nitrogens with zero attached hydrogens (tertiary/aromatic N) is 1. The summed E-state index contributed by atoms with van der Waals surface area (Å²) in [5.74, 6) is 1.02. The molecule has 0 radical (unpaired) electrons. The molecule has 0 saturated carbocycles. The summed E-state index contributed by atoms with van der Waals surface area (Å²) in [4.78, 5) is 26.3. The third-order valence-electron chi connectivity index (χ3n) is 4.70. The Morgan fingerprint density at radius 1 is 1.22 bits per heavy atom. The van der Waals surface area contributed by atoms with Gasteiger partial charge in [-0.1, -0.05) is 13.8 Å². The zero-order valence-corrected chi connectivity index (χ0v) is 14.6. The van der Waals surface area contributed by atoms with Crippen LogP contribution < -0.4 is 16.0 Å². The van der Waals surface area contributed by atoms with Gasteiger partial charge < -0.3 is 20.9 Å². The Morgan fingerprint density at radius 3 is 2.74 bits per heavy atom. The maximum atomic E-state index is 12.4. The van der Waals surface area contributed by atoms with Gasteiger partial charge in [0.15, 0.2) is 0 Å². The molecule has 2 fully saturated rings. The molecule has 2 rings (SSSR count). The largest absolute Gasteiger partial charge is 0.355 e. The summed E-state index contributed by atoms with van der Waals surface area (Å²) in [5, 5.41) is 9.41. The van der Waals surface area contributed by atoms with E-state index in [0.29, 0.717) is 24.9 Å². The summed E-state index contributed by atoms with van der Waals surface area (Å²) in [6.45, 7) is 8.96. The van der Waals surface area contributed by atoms with Gasteiger partial charge in [0.1, 0.15) is 0 Å². The van der Waals surface area contributed by atoms with Crippen LogP contribution >= 0.6 is 0 Å². The Balaban J connectivity index is 1.73. The van der Waals surface area contributed by atoms with Gasteiger partial charge in [-0.2, -0.15) is 0 Å². The minimum atomic E-state index is -0.0647. The Bertz CT molecular complexity index is 394. The first kappa shape index (κ1) is 18.0. The minimum absolute atomic E-state index is 0.0346. The molecule has 0 aromatic rings. The summed E-state index contributed by atoms with van der Waals surface area (Å²) in [6.07, 6.45) is 4.15. The first-order valence-electron chi connectivity index (χ1n) is 9.07. The van der Waals surface area contributed by atoms with Crippen molar-refractivity contribution < 1.29 is 9.59 Å². The number of urea groups is 1. The van der Waals surface area contributed by atoms with Crippen molar-refractivity contribution >= 4 is 11.9 Å². The predicted molar refractivity (Wildman–Crippen MR) is 91.1 cm³/mol. The van der Waals surface area contributed by atoms with Crippen molar-refractivity contribution in [2.24, 2.45) is 17.8 Å². The van der Waals surface area contributed by atoms with Gasteiger partial charge in [-0.3, -0.25) is 4.79 Å². The number of amides is 3. The average Bonchev–Trinajstić information content (AvgIpc) is 2.58. The van der Waals surface area contributed by atoms with Crippen LogP contribution in [0.2, 0.25) is 0 Å². The second-order valence-corrected chi connectivity index (χ2v) is 7.32. The highest BCUT2D eigenvalue weighted by atomic mass is 16.2. The fourth-order valence-electron chi connectivity index (χ4n) is 3.27. The SMILES string of the molecule is CC(C)CNC(=O)N1CCCC(C(=O)NCC2CCCNC2)C1. The first-order chi connectivity index (χ1) is 11.1. The second kappa shape index (κ2) is 9.11. The van der Waals surface area contributed by atoms with Crippen LogP contribution in [0.1, 0.15) is 39.5 Å².